The van der Waals surface area contributed by atoms with Crippen molar-refractivity contribution in [3.63, 3.8) is 0 Å². The summed E-state index contributed by atoms with van der Waals surface area (Å²) in [5, 5.41) is 3.96. The molecule has 2 amide bonds. The second-order valence-corrected chi connectivity index (χ2v) is 7.75. The lowest BCUT2D eigenvalue weighted by Crippen LogP contribution is -2.47. The number of amides is 2. The van der Waals surface area contributed by atoms with Gasteiger partial charge in [0.05, 0.1) is 5.54 Å². The van der Waals surface area contributed by atoms with E-state index in [-0.39, 0.29) is 11.6 Å². The smallest absolute Gasteiger partial charge is 0.318 e. The number of likely N-dealkylation sites (tertiary alicyclic amines) is 1. The number of piperidine rings is 1. The zero-order chi connectivity index (χ0) is 18.1. The fourth-order valence-electron chi connectivity index (χ4n) is 3.76. The van der Waals surface area contributed by atoms with Gasteiger partial charge in [-0.2, -0.15) is 0 Å². The Morgan fingerprint density at radius 2 is 2.04 bits per heavy atom. The Bertz CT molecular complexity index is 813. The number of urea groups is 1. The molecule has 0 atom stereocenters. The summed E-state index contributed by atoms with van der Waals surface area (Å²) in [5.41, 5.74) is 1.96. The molecule has 2 aromatic rings. The van der Waals surface area contributed by atoms with Gasteiger partial charge in [-0.05, 0) is 56.4 Å². The largest absolute Gasteiger partial charge is 0.328 e. The Hall–Kier alpha value is -2.14. The summed E-state index contributed by atoms with van der Waals surface area (Å²) in [6.45, 7) is 3.42. The summed E-state index contributed by atoms with van der Waals surface area (Å²) in [5.74, 6) is 1.21. The average molecular weight is 371 g/mol. The van der Waals surface area contributed by atoms with Gasteiger partial charge in [0, 0.05) is 35.9 Å². The Balaban J connectivity index is 1.37. The van der Waals surface area contributed by atoms with Gasteiger partial charge in [0.2, 0.25) is 0 Å². The molecule has 1 aliphatic carbocycles. The fourth-order valence-corrected chi connectivity index (χ4v) is 3.95. The van der Waals surface area contributed by atoms with E-state index in [0.717, 1.165) is 55.9 Å². The highest BCUT2D eigenvalue weighted by Gasteiger charge is 2.46. The van der Waals surface area contributed by atoms with E-state index >= 15 is 0 Å². The van der Waals surface area contributed by atoms with Crippen LogP contribution in [0.3, 0.4) is 0 Å². The molecule has 136 valence electrons. The Morgan fingerprint density at radius 1 is 1.27 bits per heavy atom. The fraction of sp³-hybridized carbons (Fsp3) is 0.450. The normalized spacial score (nSPS) is 19.2. The third-order valence-electron chi connectivity index (χ3n) is 5.47. The van der Waals surface area contributed by atoms with E-state index in [1.54, 1.807) is 0 Å². The first-order valence-corrected chi connectivity index (χ1v) is 9.56. The second kappa shape index (κ2) is 6.88. The van der Waals surface area contributed by atoms with E-state index in [0.29, 0.717) is 10.9 Å². The number of hydrogen-bond acceptors (Lipinski definition) is 3. The maximum Gasteiger partial charge on any atom is 0.318 e. The number of aryl methyl sites for hydroxylation is 1. The van der Waals surface area contributed by atoms with Crippen molar-refractivity contribution in [2.75, 3.05) is 13.1 Å². The number of nitrogens with one attached hydrogen (secondary N) is 1. The van der Waals surface area contributed by atoms with E-state index in [1.807, 2.05) is 48.4 Å². The van der Waals surface area contributed by atoms with Crippen LogP contribution < -0.4 is 5.32 Å². The van der Waals surface area contributed by atoms with Crippen LogP contribution in [-0.4, -0.2) is 34.0 Å². The van der Waals surface area contributed by atoms with Crippen LogP contribution in [0, 0.1) is 6.92 Å². The highest BCUT2D eigenvalue weighted by Crippen LogP contribution is 2.46. The van der Waals surface area contributed by atoms with Crippen LogP contribution in [0.5, 0.6) is 0 Å². The third kappa shape index (κ3) is 3.54. The van der Waals surface area contributed by atoms with Gasteiger partial charge in [-0.15, -0.1) is 0 Å². The van der Waals surface area contributed by atoms with E-state index in [4.69, 9.17) is 11.6 Å². The van der Waals surface area contributed by atoms with Gasteiger partial charge in [0.15, 0.2) is 0 Å². The topological polar surface area (TPSA) is 58.1 Å². The lowest BCUT2D eigenvalue weighted by molar-refractivity contribution is 0.176. The summed E-state index contributed by atoms with van der Waals surface area (Å²) >= 11 is 6.12. The highest BCUT2D eigenvalue weighted by atomic mass is 35.5. The van der Waals surface area contributed by atoms with Crippen LogP contribution in [-0.2, 0) is 5.54 Å². The molecule has 0 spiro atoms. The molecule has 1 aliphatic heterocycles. The second-order valence-electron chi connectivity index (χ2n) is 7.31. The number of hydrogen-bond donors (Lipinski definition) is 1. The molecule has 4 rings (SSSR count). The average Bonchev–Trinajstić information content (AvgIpc) is 3.43. The molecule has 0 bridgehead atoms. The van der Waals surface area contributed by atoms with Crippen LogP contribution in [0.15, 0.2) is 36.5 Å². The van der Waals surface area contributed by atoms with Crippen LogP contribution in [0.4, 0.5) is 4.79 Å². The zero-order valence-corrected chi connectivity index (χ0v) is 15.7. The molecule has 0 radical (unpaired) electrons. The van der Waals surface area contributed by atoms with E-state index < -0.39 is 0 Å². The molecule has 6 heteroatoms. The molecule has 2 heterocycles. The number of carbonyl (C=O) groups excluding carboxylic acids is 1. The summed E-state index contributed by atoms with van der Waals surface area (Å²) in [7, 11) is 0. The van der Waals surface area contributed by atoms with Gasteiger partial charge >= 0.3 is 6.03 Å². The minimum absolute atomic E-state index is 0.0276. The van der Waals surface area contributed by atoms with Gasteiger partial charge in [0.25, 0.3) is 0 Å². The van der Waals surface area contributed by atoms with E-state index in [9.17, 15) is 4.79 Å². The molecule has 26 heavy (non-hydrogen) atoms. The zero-order valence-electron chi connectivity index (χ0n) is 14.9. The minimum atomic E-state index is -0.234. The van der Waals surface area contributed by atoms with Gasteiger partial charge < -0.3 is 10.2 Å². The highest BCUT2D eigenvalue weighted by molar-refractivity contribution is 6.30. The van der Waals surface area contributed by atoms with Gasteiger partial charge in [-0.3, -0.25) is 0 Å². The summed E-state index contributed by atoms with van der Waals surface area (Å²) < 4.78 is 0. The molecule has 1 saturated heterocycles. The van der Waals surface area contributed by atoms with Crippen molar-refractivity contribution in [2.24, 2.45) is 0 Å². The molecule has 1 saturated carbocycles. The molecular formula is C20H23ClN4O. The summed E-state index contributed by atoms with van der Waals surface area (Å²) in [6.07, 6.45) is 5.63. The van der Waals surface area contributed by atoms with Crippen molar-refractivity contribution in [3.05, 3.63) is 58.6 Å². The molecule has 2 aliphatic rings. The predicted molar refractivity (Wildman–Crippen MR) is 101 cm³/mol. The molecule has 1 aromatic carbocycles. The van der Waals surface area contributed by atoms with Crippen molar-refractivity contribution >= 4 is 17.6 Å². The number of rotatable bonds is 3. The van der Waals surface area contributed by atoms with Crippen molar-refractivity contribution < 1.29 is 4.79 Å². The Kier molecular flexibility index (Phi) is 4.57. The quantitative estimate of drug-likeness (QED) is 0.887. The first kappa shape index (κ1) is 17.3. The van der Waals surface area contributed by atoms with Crippen molar-refractivity contribution in [1.82, 2.24) is 20.2 Å². The lowest BCUT2D eigenvalue weighted by Gasteiger charge is -2.33. The Labute approximate surface area is 158 Å². The first-order valence-electron chi connectivity index (χ1n) is 9.18. The molecule has 2 fully saturated rings. The summed E-state index contributed by atoms with van der Waals surface area (Å²) in [6, 6.07) is 9.83. The molecule has 1 aromatic heterocycles. The summed E-state index contributed by atoms with van der Waals surface area (Å²) in [4.78, 5) is 23.4. The first-order chi connectivity index (χ1) is 12.6. The third-order valence-corrected chi connectivity index (χ3v) is 5.71. The SMILES string of the molecule is Cc1nccc(C2CCN(C(=O)NC3(c4cccc(Cl)c4)CC3)CC2)n1. The maximum atomic E-state index is 12.8. The molecule has 1 N–H and O–H groups in total. The predicted octanol–water partition coefficient (Wildman–Crippen LogP) is 4.02. The van der Waals surface area contributed by atoms with Crippen LogP contribution in [0.2, 0.25) is 5.02 Å². The van der Waals surface area contributed by atoms with Gasteiger partial charge in [-0.25, -0.2) is 14.8 Å². The van der Waals surface area contributed by atoms with Crippen LogP contribution in [0.1, 0.15) is 48.7 Å². The van der Waals surface area contributed by atoms with Gasteiger partial charge in [0.1, 0.15) is 5.82 Å². The molecular weight excluding hydrogens is 348 g/mol. The number of carbonyl (C=O) groups is 1. The van der Waals surface area contributed by atoms with Crippen molar-refractivity contribution in [3.8, 4) is 0 Å². The monoisotopic (exact) mass is 370 g/mol. The number of nitrogens with zero attached hydrogens (tertiary/aromatic N) is 3. The van der Waals surface area contributed by atoms with E-state index in [2.05, 4.69) is 15.3 Å². The van der Waals surface area contributed by atoms with Crippen LogP contribution >= 0.6 is 11.6 Å². The van der Waals surface area contributed by atoms with Crippen LogP contribution in [0.25, 0.3) is 0 Å². The van der Waals surface area contributed by atoms with Crippen molar-refractivity contribution in [2.45, 2.75) is 44.1 Å². The number of halogens is 1. The minimum Gasteiger partial charge on any atom is -0.328 e. The van der Waals surface area contributed by atoms with Gasteiger partial charge in [-0.1, -0.05) is 23.7 Å². The lowest BCUT2D eigenvalue weighted by atomic mass is 9.93. The Morgan fingerprint density at radius 3 is 2.69 bits per heavy atom. The van der Waals surface area contributed by atoms with E-state index in [1.165, 1.54) is 0 Å². The molecule has 5 nitrogen and oxygen atoms in total. The molecule has 0 unspecified atom stereocenters. The standard InChI is InChI=1S/C20H23ClN4O/c1-14-22-10-5-18(23-14)15-6-11-25(12-7-15)19(26)24-20(8-9-20)16-3-2-4-17(21)13-16/h2-5,10,13,15H,6-9,11-12H2,1H3,(H,24,26). The number of aromatic nitrogens is 2. The number of benzene rings is 1. The van der Waals surface area contributed by atoms with Crippen molar-refractivity contribution in [1.29, 1.82) is 0 Å². The maximum absolute atomic E-state index is 12.8.